The SMILES string of the molecule is CCC(CC)(OC)c1nc(C(C)C)c(CNC(C)(C)C)s1. The molecule has 1 aromatic heterocycles. The van der Waals surface area contributed by atoms with E-state index in [9.17, 15) is 0 Å². The van der Waals surface area contributed by atoms with Crippen molar-refractivity contribution in [2.75, 3.05) is 7.11 Å². The topological polar surface area (TPSA) is 34.1 Å². The van der Waals surface area contributed by atoms with Crippen molar-refractivity contribution in [1.29, 1.82) is 0 Å². The fourth-order valence-corrected chi connectivity index (χ4v) is 3.88. The van der Waals surface area contributed by atoms with Crippen LogP contribution in [0, 0.1) is 0 Å². The lowest BCUT2D eigenvalue weighted by Crippen LogP contribution is -2.35. The van der Waals surface area contributed by atoms with E-state index >= 15 is 0 Å². The van der Waals surface area contributed by atoms with Gasteiger partial charge in [0.2, 0.25) is 0 Å². The molecule has 122 valence electrons. The van der Waals surface area contributed by atoms with E-state index in [1.165, 1.54) is 10.6 Å². The molecule has 0 bridgehead atoms. The van der Waals surface area contributed by atoms with Gasteiger partial charge in [0, 0.05) is 24.1 Å². The highest BCUT2D eigenvalue weighted by Gasteiger charge is 2.33. The van der Waals surface area contributed by atoms with Crippen LogP contribution in [-0.4, -0.2) is 17.6 Å². The van der Waals surface area contributed by atoms with Crippen molar-refractivity contribution in [1.82, 2.24) is 10.3 Å². The standard InChI is InChI=1S/C17H32N2OS/c1-9-17(10-2,20-8)15-19-14(12(3)4)13(21-15)11-18-16(5,6)7/h12,18H,9-11H2,1-8H3. The molecule has 1 N–H and O–H groups in total. The van der Waals surface area contributed by atoms with Crippen LogP contribution in [0.15, 0.2) is 0 Å². The van der Waals surface area contributed by atoms with Gasteiger partial charge in [0.1, 0.15) is 10.6 Å². The van der Waals surface area contributed by atoms with Gasteiger partial charge in [-0.25, -0.2) is 4.98 Å². The maximum absolute atomic E-state index is 5.84. The molecule has 1 heterocycles. The second-order valence-corrected chi connectivity index (χ2v) is 8.07. The Morgan fingerprint density at radius 1 is 1.19 bits per heavy atom. The van der Waals surface area contributed by atoms with E-state index in [-0.39, 0.29) is 11.1 Å². The first kappa shape index (κ1) is 18.6. The van der Waals surface area contributed by atoms with E-state index in [4.69, 9.17) is 9.72 Å². The third kappa shape index (κ3) is 4.51. The average molecular weight is 313 g/mol. The molecule has 0 amide bonds. The fourth-order valence-electron chi connectivity index (χ4n) is 2.41. The molecule has 0 spiro atoms. The number of methoxy groups -OCH3 is 1. The highest BCUT2D eigenvalue weighted by atomic mass is 32.1. The second-order valence-electron chi connectivity index (χ2n) is 6.99. The van der Waals surface area contributed by atoms with Gasteiger partial charge in [0.25, 0.3) is 0 Å². The van der Waals surface area contributed by atoms with Gasteiger partial charge >= 0.3 is 0 Å². The largest absolute Gasteiger partial charge is 0.371 e. The van der Waals surface area contributed by atoms with E-state index in [0.29, 0.717) is 5.92 Å². The average Bonchev–Trinajstić information content (AvgIpc) is 2.83. The highest BCUT2D eigenvalue weighted by molar-refractivity contribution is 7.11. The quantitative estimate of drug-likeness (QED) is 0.784. The van der Waals surface area contributed by atoms with Crippen molar-refractivity contribution < 1.29 is 4.74 Å². The maximum atomic E-state index is 5.84. The third-order valence-electron chi connectivity index (χ3n) is 3.98. The Kier molecular flexibility index (Phi) is 6.38. The van der Waals surface area contributed by atoms with Crippen LogP contribution in [0.3, 0.4) is 0 Å². The highest BCUT2D eigenvalue weighted by Crippen LogP contribution is 2.38. The zero-order chi connectivity index (χ0) is 16.3. The summed E-state index contributed by atoms with van der Waals surface area (Å²) in [4.78, 5) is 6.29. The number of aromatic nitrogens is 1. The Hall–Kier alpha value is -0.450. The van der Waals surface area contributed by atoms with Crippen LogP contribution >= 0.6 is 11.3 Å². The van der Waals surface area contributed by atoms with Crippen LogP contribution in [-0.2, 0) is 16.9 Å². The van der Waals surface area contributed by atoms with Crippen LogP contribution in [0.4, 0.5) is 0 Å². The summed E-state index contributed by atoms with van der Waals surface area (Å²) in [6, 6.07) is 0. The number of rotatable bonds is 7. The summed E-state index contributed by atoms with van der Waals surface area (Å²) in [7, 11) is 1.80. The number of hydrogen-bond donors (Lipinski definition) is 1. The van der Waals surface area contributed by atoms with Crippen LogP contribution in [0.5, 0.6) is 0 Å². The van der Waals surface area contributed by atoms with Gasteiger partial charge in [0.15, 0.2) is 0 Å². The molecule has 0 radical (unpaired) electrons. The number of hydrogen-bond acceptors (Lipinski definition) is 4. The number of nitrogens with zero attached hydrogens (tertiary/aromatic N) is 1. The summed E-state index contributed by atoms with van der Waals surface area (Å²) in [5.74, 6) is 0.440. The van der Waals surface area contributed by atoms with Crippen LogP contribution < -0.4 is 5.32 Å². The molecule has 1 aromatic rings. The van der Waals surface area contributed by atoms with Crippen molar-refractivity contribution in [3.8, 4) is 0 Å². The van der Waals surface area contributed by atoms with E-state index < -0.39 is 0 Å². The first-order valence-corrected chi connectivity index (χ1v) is 8.81. The molecule has 0 aliphatic heterocycles. The Labute approximate surface area is 134 Å². The van der Waals surface area contributed by atoms with E-state index in [0.717, 1.165) is 24.4 Å². The fraction of sp³-hybridized carbons (Fsp3) is 0.824. The summed E-state index contributed by atoms with van der Waals surface area (Å²) in [5.41, 5.74) is 1.11. The number of nitrogens with one attached hydrogen (secondary N) is 1. The lowest BCUT2D eigenvalue weighted by Gasteiger charge is -2.27. The summed E-state index contributed by atoms with van der Waals surface area (Å²) < 4.78 is 5.84. The van der Waals surface area contributed by atoms with Gasteiger partial charge in [-0.1, -0.05) is 27.7 Å². The van der Waals surface area contributed by atoms with Gasteiger partial charge in [0.05, 0.1) is 5.69 Å². The van der Waals surface area contributed by atoms with Gasteiger partial charge in [-0.2, -0.15) is 0 Å². The second kappa shape index (κ2) is 7.21. The molecular weight excluding hydrogens is 280 g/mol. The molecule has 0 saturated heterocycles. The zero-order valence-electron chi connectivity index (χ0n) is 15.0. The smallest absolute Gasteiger partial charge is 0.125 e. The Balaban J connectivity index is 3.15. The number of ether oxygens (including phenoxy) is 1. The first-order valence-electron chi connectivity index (χ1n) is 7.99. The first-order chi connectivity index (χ1) is 9.69. The minimum absolute atomic E-state index is 0.117. The summed E-state index contributed by atoms with van der Waals surface area (Å²) >= 11 is 1.81. The molecule has 0 unspecified atom stereocenters. The van der Waals surface area contributed by atoms with E-state index in [1.807, 2.05) is 11.3 Å². The zero-order valence-corrected chi connectivity index (χ0v) is 15.8. The summed E-state index contributed by atoms with van der Waals surface area (Å²) in [5, 5.41) is 4.71. The molecule has 0 aliphatic carbocycles. The number of thiazole rings is 1. The molecule has 0 saturated carbocycles. The molecule has 0 fully saturated rings. The minimum Gasteiger partial charge on any atom is -0.371 e. The normalized spacial score (nSPS) is 13.2. The van der Waals surface area contributed by atoms with Crippen LogP contribution in [0.2, 0.25) is 0 Å². The van der Waals surface area contributed by atoms with E-state index in [1.54, 1.807) is 7.11 Å². The van der Waals surface area contributed by atoms with Crippen LogP contribution in [0.1, 0.15) is 82.8 Å². The van der Waals surface area contributed by atoms with Crippen molar-refractivity contribution in [2.45, 2.75) is 84.9 Å². The van der Waals surface area contributed by atoms with Crippen molar-refractivity contribution in [3.05, 3.63) is 15.6 Å². The van der Waals surface area contributed by atoms with Crippen molar-refractivity contribution >= 4 is 11.3 Å². The Morgan fingerprint density at radius 2 is 1.76 bits per heavy atom. The van der Waals surface area contributed by atoms with Crippen molar-refractivity contribution in [3.63, 3.8) is 0 Å². The maximum Gasteiger partial charge on any atom is 0.125 e. The minimum atomic E-state index is -0.228. The van der Waals surface area contributed by atoms with Gasteiger partial charge in [-0.3, -0.25) is 0 Å². The molecule has 3 nitrogen and oxygen atoms in total. The van der Waals surface area contributed by atoms with Crippen molar-refractivity contribution in [2.24, 2.45) is 0 Å². The molecule has 0 atom stereocenters. The summed E-state index contributed by atoms with van der Waals surface area (Å²) in [6.07, 6.45) is 1.91. The molecule has 0 aromatic carbocycles. The molecule has 0 aliphatic rings. The van der Waals surface area contributed by atoms with Gasteiger partial charge < -0.3 is 10.1 Å². The molecule has 4 heteroatoms. The molecule has 1 rings (SSSR count). The molecular formula is C17H32N2OS. The Bertz CT molecular complexity index is 434. The summed E-state index contributed by atoms with van der Waals surface area (Å²) in [6.45, 7) is 16.2. The monoisotopic (exact) mass is 312 g/mol. The lowest BCUT2D eigenvalue weighted by molar-refractivity contribution is -0.0220. The third-order valence-corrected chi connectivity index (χ3v) is 5.23. The van der Waals surface area contributed by atoms with E-state index in [2.05, 4.69) is 53.8 Å². The predicted octanol–water partition coefficient (Wildman–Crippen LogP) is 4.82. The van der Waals surface area contributed by atoms with Crippen LogP contribution in [0.25, 0.3) is 0 Å². The lowest BCUT2D eigenvalue weighted by atomic mass is 9.98. The van der Waals surface area contributed by atoms with Gasteiger partial charge in [-0.15, -0.1) is 11.3 Å². The predicted molar refractivity (Wildman–Crippen MR) is 92.1 cm³/mol. The Morgan fingerprint density at radius 3 is 2.14 bits per heavy atom. The molecule has 21 heavy (non-hydrogen) atoms. The van der Waals surface area contributed by atoms with Gasteiger partial charge in [-0.05, 0) is 39.5 Å².